The van der Waals surface area contributed by atoms with Gasteiger partial charge in [-0.15, -0.1) is 0 Å². The largest absolute Gasteiger partial charge is 0.371 e. The maximum absolute atomic E-state index is 6.46. The van der Waals surface area contributed by atoms with E-state index in [0.29, 0.717) is 11.7 Å². The number of hydrogen-bond acceptors (Lipinski definition) is 1. The van der Waals surface area contributed by atoms with Crippen LogP contribution in [0.4, 0.5) is 0 Å². The third kappa shape index (κ3) is 0.711. The molecule has 1 heteroatoms. The van der Waals surface area contributed by atoms with Gasteiger partial charge in [0.05, 0.1) is 11.7 Å². The molecule has 6 unspecified atom stereocenters. The zero-order valence-corrected chi connectivity index (χ0v) is 9.04. The van der Waals surface area contributed by atoms with Crippen LogP contribution in [-0.2, 0) is 4.74 Å². The Hall–Kier alpha value is -0.0400. The van der Waals surface area contributed by atoms with Gasteiger partial charge in [0.25, 0.3) is 0 Å². The summed E-state index contributed by atoms with van der Waals surface area (Å²) in [7, 11) is 0. The minimum atomic E-state index is 0.362. The minimum absolute atomic E-state index is 0.362. The molecule has 2 aliphatic heterocycles. The van der Waals surface area contributed by atoms with Crippen molar-refractivity contribution in [1.82, 2.24) is 0 Å². The number of hydrogen-bond donors (Lipinski definition) is 0. The fourth-order valence-corrected chi connectivity index (χ4v) is 5.35. The normalized spacial score (nSPS) is 63.6. The summed E-state index contributed by atoms with van der Waals surface area (Å²) in [5, 5.41) is 0. The molecule has 5 rings (SSSR count). The van der Waals surface area contributed by atoms with Gasteiger partial charge in [-0.05, 0) is 55.8 Å². The molecule has 78 valence electrons. The van der Waals surface area contributed by atoms with E-state index in [-0.39, 0.29) is 0 Å². The number of rotatable bonds is 1. The van der Waals surface area contributed by atoms with Gasteiger partial charge in [-0.2, -0.15) is 0 Å². The highest BCUT2D eigenvalue weighted by atomic mass is 16.5. The van der Waals surface area contributed by atoms with E-state index in [2.05, 4.69) is 6.92 Å². The molecule has 5 aliphatic rings. The van der Waals surface area contributed by atoms with E-state index in [1.807, 2.05) is 0 Å². The van der Waals surface area contributed by atoms with Gasteiger partial charge in [-0.1, -0.05) is 13.3 Å². The minimum Gasteiger partial charge on any atom is -0.371 e. The smallest absolute Gasteiger partial charge is 0.0718 e. The van der Waals surface area contributed by atoms with E-state index in [0.717, 1.165) is 23.7 Å². The highest BCUT2D eigenvalue weighted by Gasteiger charge is 2.66. The lowest BCUT2D eigenvalue weighted by Gasteiger charge is -2.44. The molecule has 0 N–H and O–H groups in total. The van der Waals surface area contributed by atoms with Crippen LogP contribution in [0.2, 0.25) is 0 Å². The topological polar surface area (TPSA) is 9.23 Å². The first-order valence-corrected chi connectivity index (χ1v) is 6.52. The van der Waals surface area contributed by atoms with Crippen molar-refractivity contribution in [1.29, 1.82) is 0 Å². The summed E-state index contributed by atoms with van der Waals surface area (Å²) in [5.74, 6) is 3.94. The molecular formula is C13H20O. The van der Waals surface area contributed by atoms with Crippen molar-refractivity contribution in [2.75, 3.05) is 0 Å². The second-order valence-electron chi connectivity index (χ2n) is 6.07. The molecule has 0 aromatic heterocycles. The maximum Gasteiger partial charge on any atom is 0.0718 e. The summed E-state index contributed by atoms with van der Waals surface area (Å²) >= 11 is 0. The Balaban J connectivity index is 1.80. The van der Waals surface area contributed by atoms with Crippen LogP contribution in [0.25, 0.3) is 0 Å². The Bertz CT molecular complexity index is 274. The Morgan fingerprint density at radius 3 is 3.00 bits per heavy atom. The lowest BCUT2D eigenvalue weighted by atomic mass is 9.65. The Morgan fingerprint density at radius 1 is 1.29 bits per heavy atom. The first-order valence-electron chi connectivity index (χ1n) is 6.52. The summed E-state index contributed by atoms with van der Waals surface area (Å²) in [6, 6.07) is 0. The predicted molar refractivity (Wildman–Crippen MR) is 54.9 cm³/mol. The van der Waals surface area contributed by atoms with Gasteiger partial charge >= 0.3 is 0 Å². The molecule has 6 atom stereocenters. The lowest BCUT2D eigenvalue weighted by molar-refractivity contribution is -0.127. The van der Waals surface area contributed by atoms with E-state index in [1.54, 1.807) is 0 Å². The second-order valence-corrected chi connectivity index (χ2v) is 6.07. The standard InChI is InChI=1S/C13H20O/c1-2-13-7-8-6-11(13)10-5-3-4-9(8)12(10)14-13/h8-12H,2-7H2,1H3. The second kappa shape index (κ2) is 2.37. The first kappa shape index (κ1) is 8.15. The molecule has 3 aliphatic carbocycles. The summed E-state index contributed by atoms with van der Waals surface area (Å²) in [5.41, 5.74) is 0.362. The van der Waals surface area contributed by atoms with Crippen LogP contribution in [0.1, 0.15) is 45.4 Å². The highest BCUT2D eigenvalue weighted by Crippen LogP contribution is 2.66. The SMILES string of the molecule is CCC12CC3CC1C1CCCC3C1O2. The molecule has 0 aromatic carbocycles. The van der Waals surface area contributed by atoms with Gasteiger partial charge < -0.3 is 4.74 Å². The molecule has 0 aromatic rings. The van der Waals surface area contributed by atoms with Crippen LogP contribution in [0.5, 0.6) is 0 Å². The molecule has 2 heterocycles. The molecule has 0 amide bonds. The van der Waals surface area contributed by atoms with Crippen molar-refractivity contribution in [3.05, 3.63) is 0 Å². The van der Waals surface area contributed by atoms with Crippen LogP contribution in [0.15, 0.2) is 0 Å². The van der Waals surface area contributed by atoms with Crippen LogP contribution in [0, 0.1) is 23.7 Å². The fourth-order valence-electron chi connectivity index (χ4n) is 5.35. The molecule has 1 nitrogen and oxygen atoms in total. The Kier molecular flexibility index (Phi) is 1.38. The first-order chi connectivity index (χ1) is 6.84. The highest BCUT2D eigenvalue weighted by molar-refractivity contribution is 5.15. The zero-order valence-electron chi connectivity index (χ0n) is 9.04. The van der Waals surface area contributed by atoms with Crippen molar-refractivity contribution in [2.45, 2.75) is 57.2 Å². The fraction of sp³-hybridized carbons (Fsp3) is 1.00. The van der Waals surface area contributed by atoms with E-state index in [1.165, 1.54) is 38.5 Å². The van der Waals surface area contributed by atoms with Crippen molar-refractivity contribution in [3.63, 3.8) is 0 Å². The molecule has 3 saturated carbocycles. The van der Waals surface area contributed by atoms with Gasteiger partial charge in [0.15, 0.2) is 0 Å². The maximum atomic E-state index is 6.46. The van der Waals surface area contributed by atoms with Gasteiger partial charge in [0, 0.05) is 0 Å². The van der Waals surface area contributed by atoms with Gasteiger partial charge in [-0.3, -0.25) is 0 Å². The molecule has 0 radical (unpaired) electrons. The van der Waals surface area contributed by atoms with E-state index in [9.17, 15) is 0 Å². The molecule has 5 fully saturated rings. The summed E-state index contributed by atoms with van der Waals surface area (Å²) in [6.07, 6.45) is 9.32. The molecule has 14 heavy (non-hydrogen) atoms. The summed E-state index contributed by atoms with van der Waals surface area (Å²) < 4.78 is 6.46. The van der Waals surface area contributed by atoms with E-state index in [4.69, 9.17) is 4.74 Å². The van der Waals surface area contributed by atoms with Crippen molar-refractivity contribution in [3.8, 4) is 0 Å². The third-order valence-electron chi connectivity index (χ3n) is 5.85. The molecule has 2 saturated heterocycles. The monoisotopic (exact) mass is 192 g/mol. The third-order valence-corrected chi connectivity index (χ3v) is 5.85. The van der Waals surface area contributed by atoms with Gasteiger partial charge in [0.2, 0.25) is 0 Å². The Morgan fingerprint density at radius 2 is 2.14 bits per heavy atom. The summed E-state index contributed by atoms with van der Waals surface area (Å²) in [4.78, 5) is 0. The van der Waals surface area contributed by atoms with Crippen LogP contribution < -0.4 is 0 Å². The lowest BCUT2D eigenvalue weighted by Crippen LogP contribution is -2.42. The van der Waals surface area contributed by atoms with Gasteiger partial charge in [-0.25, -0.2) is 0 Å². The quantitative estimate of drug-likeness (QED) is 0.620. The van der Waals surface area contributed by atoms with Crippen LogP contribution in [-0.4, -0.2) is 11.7 Å². The van der Waals surface area contributed by atoms with E-state index >= 15 is 0 Å². The molecular weight excluding hydrogens is 172 g/mol. The number of ether oxygens (including phenoxy) is 1. The zero-order chi connectivity index (χ0) is 9.34. The van der Waals surface area contributed by atoms with Crippen molar-refractivity contribution < 1.29 is 4.74 Å². The van der Waals surface area contributed by atoms with Crippen LogP contribution >= 0.6 is 0 Å². The Labute approximate surface area is 86.2 Å². The van der Waals surface area contributed by atoms with Crippen molar-refractivity contribution in [2.24, 2.45) is 23.7 Å². The predicted octanol–water partition coefficient (Wildman–Crippen LogP) is 2.99. The summed E-state index contributed by atoms with van der Waals surface area (Å²) in [6.45, 7) is 2.34. The average molecular weight is 192 g/mol. The van der Waals surface area contributed by atoms with Crippen LogP contribution in [0.3, 0.4) is 0 Å². The molecule has 6 bridgehead atoms. The average Bonchev–Trinajstić information content (AvgIpc) is 2.64. The van der Waals surface area contributed by atoms with E-state index < -0.39 is 0 Å². The van der Waals surface area contributed by atoms with Gasteiger partial charge in [0.1, 0.15) is 0 Å². The molecule has 0 spiro atoms. The van der Waals surface area contributed by atoms with Crippen molar-refractivity contribution >= 4 is 0 Å².